The fraction of sp³-hybridized carbons (Fsp3) is 0.588. The van der Waals surface area contributed by atoms with Gasteiger partial charge in [0.2, 0.25) is 11.9 Å². The van der Waals surface area contributed by atoms with E-state index in [4.69, 9.17) is 0 Å². The van der Waals surface area contributed by atoms with E-state index in [0.717, 1.165) is 25.2 Å². The molecule has 0 radical (unpaired) electrons. The van der Waals surface area contributed by atoms with Crippen LogP contribution in [0.4, 0.5) is 10.3 Å². The molecule has 0 aromatic carbocycles. The van der Waals surface area contributed by atoms with E-state index >= 15 is 0 Å². The first-order chi connectivity index (χ1) is 11.2. The van der Waals surface area contributed by atoms with Gasteiger partial charge in [-0.15, -0.1) is 5.10 Å². The molecule has 0 saturated heterocycles. The van der Waals surface area contributed by atoms with Crippen LogP contribution in [0.3, 0.4) is 0 Å². The van der Waals surface area contributed by atoms with Crippen molar-refractivity contribution in [3.63, 3.8) is 0 Å². The summed E-state index contributed by atoms with van der Waals surface area (Å²) >= 11 is 0. The number of aromatic nitrogens is 3. The third kappa shape index (κ3) is 2.94. The van der Waals surface area contributed by atoms with Gasteiger partial charge in [0.15, 0.2) is 5.65 Å². The Bertz CT molecular complexity index is 728. The van der Waals surface area contributed by atoms with Crippen LogP contribution in [-0.4, -0.2) is 20.5 Å². The van der Waals surface area contributed by atoms with E-state index in [0.29, 0.717) is 11.6 Å². The molecule has 2 saturated carbocycles. The Labute approximate surface area is 134 Å². The van der Waals surface area contributed by atoms with Crippen LogP contribution in [0, 0.1) is 23.6 Å². The molecule has 2 aromatic heterocycles. The first kappa shape index (κ1) is 14.6. The van der Waals surface area contributed by atoms with Crippen molar-refractivity contribution in [2.45, 2.75) is 44.9 Å². The number of amides is 1. The van der Waals surface area contributed by atoms with Crippen molar-refractivity contribution in [1.82, 2.24) is 14.6 Å². The van der Waals surface area contributed by atoms with Gasteiger partial charge >= 0.3 is 0 Å². The minimum Gasteiger partial charge on any atom is -0.293 e. The molecule has 2 fully saturated rings. The number of hydrogen-bond acceptors (Lipinski definition) is 3. The minimum absolute atomic E-state index is 0.00500. The molecule has 0 bridgehead atoms. The van der Waals surface area contributed by atoms with E-state index in [2.05, 4.69) is 15.4 Å². The summed E-state index contributed by atoms with van der Waals surface area (Å²) in [5.41, 5.74) is 0.526. The van der Waals surface area contributed by atoms with Gasteiger partial charge in [0.05, 0.1) is 6.20 Å². The van der Waals surface area contributed by atoms with Gasteiger partial charge in [-0.05, 0) is 43.2 Å². The molecule has 0 aliphatic heterocycles. The molecule has 122 valence electrons. The second-order valence-electron chi connectivity index (χ2n) is 6.89. The van der Waals surface area contributed by atoms with Crippen LogP contribution in [0.1, 0.15) is 44.9 Å². The van der Waals surface area contributed by atoms with Crippen molar-refractivity contribution in [1.29, 1.82) is 0 Å². The zero-order valence-electron chi connectivity index (χ0n) is 13.0. The van der Waals surface area contributed by atoms with Crippen molar-refractivity contribution in [3.05, 3.63) is 24.1 Å². The van der Waals surface area contributed by atoms with Crippen molar-refractivity contribution in [2.75, 3.05) is 5.32 Å². The van der Waals surface area contributed by atoms with Crippen LogP contribution in [0.2, 0.25) is 0 Å². The second kappa shape index (κ2) is 5.91. The molecule has 4 rings (SSSR count). The zero-order chi connectivity index (χ0) is 15.8. The number of halogens is 1. The van der Waals surface area contributed by atoms with Gasteiger partial charge in [0.25, 0.3) is 0 Å². The Morgan fingerprint density at radius 2 is 2.00 bits per heavy atom. The van der Waals surface area contributed by atoms with E-state index in [1.165, 1.54) is 42.5 Å². The molecule has 0 spiro atoms. The van der Waals surface area contributed by atoms with Gasteiger partial charge in [-0.2, -0.15) is 4.98 Å². The van der Waals surface area contributed by atoms with Gasteiger partial charge in [0, 0.05) is 5.92 Å². The fourth-order valence-corrected chi connectivity index (χ4v) is 4.23. The summed E-state index contributed by atoms with van der Waals surface area (Å²) < 4.78 is 14.5. The number of nitrogens with one attached hydrogen (secondary N) is 1. The van der Waals surface area contributed by atoms with E-state index in [1.807, 2.05) is 0 Å². The number of fused-ring (bicyclic) bond motifs is 2. The number of nitrogens with zero attached hydrogens (tertiary/aromatic N) is 3. The number of carbonyl (C=O) groups excluding carboxylic acids is 1. The molecule has 2 aliphatic carbocycles. The summed E-state index contributed by atoms with van der Waals surface area (Å²) in [5, 5.41) is 6.94. The zero-order valence-corrected chi connectivity index (χ0v) is 13.0. The van der Waals surface area contributed by atoms with Gasteiger partial charge in [0.1, 0.15) is 5.82 Å². The van der Waals surface area contributed by atoms with Gasteiger partial charge in [-0.3, -0.25) is 10.1 Å². The third-order valence-electron chi connectivity index (χ3n) is 5.44. The van der Waals surface area contributed by atoms with Crippen LogP contribution in [-0.2, 0) is 4.79 Å². The van der Waals surface area contributed by atoms with Crippen LogP contribution < -0.4 is 5.32 Å². The molecular formula is C17H21FN4O. The Kier molecular flexibility index (Phi) is 3.75. The summed E-state index contributed by atoms with van der Waals surface area (Å²) in [5.74, 6) is 1.46. The predicted octanol–water partition coefficient (Wildman–Crippen LogP) is 3.41. The quantitative estimate of drug-likeness (QED) is 0.923. The lowest BCUT2D eigenvalue weighted by Gasteiger charge is -2.38. The van der Waals surface area contributed by atoms with Crippen molar-refractivity contribution in [3.8, 4) is 0 Å². The average Bonchev–Trinajstić information content (AvgIpc) is 2.95. The molecule has 1 N–H and O–H groups in total. The number of carbonyl (C=O) groups is 1. The smallest absolute Gasteiger partial charge is 0.249 e. The van der Waals surface area contributed by atoms with E-state index in [1.54, 1.807) is 6.07 Å². The first-order valence-corrected chi connectivity index (χ1v) is 8.52. The highest BCUT2D eigenvalue weighted by molar-refractivity contribution is 5.91. The predicted molar refractivity (Wildman–Crippen MR) is 84.4 cm³/mol. The summed E-state index contributed by atoms with van der Waals surface area (Å²) in [6, 6.07) is 2.88. The lowest BCUT2D eigenvalue weighted by atomic mass is 9.67. The monoisotopic (exact) mass is 316 g/mol. The van der Waals surface area contributed by atoms with Gasteiger partial charge in [-0.1, -0.05) is 25.7 Å². The standard InChI is InChI=1S/C17H21FN4O/c18-14-7-8-15-19-17(21-22(15)10-14)20-16(23)13-6-5-11-3-1-2-4-12(11)9-13/h7-8,10-13H,1-6,9H2,(H,20,21,23)/t11-,12-,13-/m1/s1. The normalized spacial score (nSPS) is 27.6. The molecule has 3 atom stereocenters. The fourth-order valence-electron chi connectivity index (χ4n) is 4.23. The lowest BCUT2D eigenvalue weighted by molar-refractivity contribution is -0.122. The molecule has 0 unspecified atom stereocenters. The lowest BCUT2D eigenvalue weighted by Crippen LogP contribution is -2.34. The van der Waals surface area contributed by atoms with Crippen LogP contribution in [0.15, 0.2) is 18.3 Å². The second-order valence-corrected chi connectivity index (χ2v) is 6.89. The number of pyridine rings is 1. The molecule has 6 heteroatoms. The first-order valence-electron chi connectivity index (χ1n) is 8.52. The van der Waals surface area contributed by atoms with E-state index in [9.17, 15) is 9.18 Å². The number of rotatable bonds is 2. The van der Waals surface area contributed by atoms with Crippen LogP contribution in [0.25, 0.3) is 5.65 Å². The highest BCUT2D eigenvalue weighted by Gasteiger charge is 2.35. The summed E-state index contributed by atoms with van der Waals surface area (Å²) in [6.45, 7) is 0. The van der Waals surface area contributed by atoms with Crippen molar-refractivity contribution < 1.29 is 9.18 Å². The molecule has 2 aliphatic rings. The third-order valence-corrected chi connectivity index (χ3v) is 5.44. The minimum atomic E-state index is -0.379. The highest BCUT2D eigenvalue weighted by Crippen LogP contribution is 2.42. The summed E-state index contributed by atoms with van der Waals surface area (Å²) in [6.07, 6.45) is 9.60. The Morgan fingerprint density at radius 1 is 1.17 bits per heavy atom. The maximum Gasteiger partial charge on any atom is 0.249 e. The molecule has 2 aromatic rings. The summed E-state index contributed by atoms with van der Waals surface area (Å²) in [4.78, 5) is 16.7. The maximum atomic E-state index is 13.2. The highest BCUT2D eigenvalue weighted by atomic mass is 19.1. The largest absolute Gasteiger partial charge is 0.293 e. The number of anilines is 1. The van der Waals surface area contributed by atoms with Gasteiger partial charge in [-0.25, -0.2) is 8.91 Å². The van der Waals surface area contributed by atoms with Crippen molar-refractivity contribution >= 4 is 17.5 Å². The Balaban J connectivity index is 1.44. The topological polar surface area (TPSA) is 59.3 Å². The Morgan fingerprint density at radius 3 is 2.87 bits per heavy atom. The van der Waals surface area contributed by atoms with E-state index in [-0.39, 0.29) is 23.6 Å². The summed E-state index contributed by atoms with van der Waals surface area (Å²) in [7, 11) is 0. The SMILES string of the molecule is O=C(Nc1nc2ccc(F)cn2n1)[C@@H]1CC[C@H]2CCCC[C@@H]2C1. The Hall–Kier alpha value is -1.98. The number of hydrogen-bond donors (Lipinski definition) is 1. The maximum absolute atomic E-state index is 13.2. The molecule has 1 amide bonds. The van der Waals surface area contributed by atoms with Crippen LogP contribution >= 0.6 is 0 Å². The molecule has 5 nitrogen and oxygen atoms in total. The van der Waals surface area contributed by atoms with Crippen LogP contribution in [0.5, 0.6) is 0 Å². The van der Waals surface area contributed by atoms with Crippen molar-refractivity contribution in [2.24, 2.45) is 17.8 Å². The van der Waals surface area contributed by atoms with Gasteiger partial charge < -0.3 is 0 Å². The molecular weight excluding hydrogens is 295 g/mol. The molecule has 2 heterocycles. The van der Waals surface area contributed by atoms with E-state index < -0.39 is 0 Å². The molecule has 23 heavy (non-hydrogen) atoms. The average molecular weight is 316 g/mol.